The van der Waals surface area contributed by atoms with Crippen LogP contribution in [0.5, 0.6) is 11.6 Å². The fourth-order valence-electron chi connectivity index (χ4n) is 4.10. The van der Waals surface area contributed by atoms with Crippen LogP contribution in [0.4, 0.5) is 10.3 Å². The minimum absolute atomic E-state index is 0.0976. The van der Waals surface area contributed by atoms with E-state index in [0.29, 0.717) is 43.8 Å². The maximum atomic E-state index is 13.1. The van der Waals surface area contributed by atoms with Crippen molar-refractivity contribution in [2.24, 2.45) is 0 Å². The molecule has 4 rings (SSSR count). The largest absolute Gasteiger partial charge is 0.439 e. The second-order valence-electron chi connectivity index (χ2n) is 7.95. The first-order valence-corrected chi connectivity index (χ1v) is 12.1. The summed E-state index contributed by atoms with van der Waals surface area (Å²) in [5.74, 6) is 0.978. The van der Waals surface area contributed by atoms with Gasteiger partial charge in [0.15, 0.2) is 0 Å². The summed E-state index contributed by atoms with van der Waals surface area (Å²) in [6.45, 7) is 1.76. The monoisotopic (exact) mass is 449 g/mol. The molecule has 0 N–H and O–H groups in total. The van der Waals surface area contributed by atoms with Crippen molar-refractivity contribution in [1.29, 1.82) is 0 Å². The molecule has 1 aliphatic heterocycles. The van der Waals surface area contributed by atoms with Crippen molar-refractivity contribution in [2.45, 2.75) is 38.1 Å². The molecule has 0 spiro atoms. The summed E-state index contributed by atoms with van der Waals surface area (Å²) in [5, 5.41) is 0. The van der Waals surface area contributed by atoms with E-state index in [4.69, 9.17) is 4.74 Å². The first kappa shape index (κ1) is 21.9. The molecule has 2 fully saturated rings. The van der Waals surface area contributed by atoms with E-state index in [1.807, 2.05) is 4.90 Å². The number of nitrogens with zero attached hydrogens (tertiary/aromatic N) is 5. The van der Waals surface area contributed by atoms with E-state index < -0.39 is 10.2 Å². The molecule has 168 valence electrons. The van der Waals surface area contributed by atoms with Gasteiger partial charge in [-0.25, -0.2) is 9.37 Å². The standard InChI is InChI=1S/C21H28FN5O3S/c1-25(18-5-3-2-4-6-18)31(28,29)27-15-13-26(14-16-27)21-23-12-11-20(24-21)30-19-9-7-17(22)8-10-19/h7-12,18H,2-6,13-16H2,1H3. The van der Waals surface area contributed by atoms with Crippen molar-refractivity contribution in [3.05, 3.63) is 42.3 Å². The molecule has 10 heteroatoms. The topological polar surface area (TPSA) is 78.9 Å². The van der Waals surface area contributed by atoms with E-state index >= 15 is 0 Å². The zero-order valence-corrected chi connectivity index (χ0v) is 18.5. The molecule has 1 aromatic heterocycles. The minimum Gasteiger partial charge on any atom is -0.439 e. The lowest BCUT2D eigenvalue weighted by molar-refractivity contribution is 0.259. The molecule has 0 bridgehead atoms. The number of rotatable bonds is 6. The third-order valence-electron chi connectivity index (χ3n) is 5.95. The van der Waals surface area contributed by atoms with E-state index in [0.717, 1.165) is 25.7 Å². The molecule has 0 radical (unpaired) electrons. The van der Waals surface area contributed by atoms with E-state index in [-0.39, 0.29) is 11.9 Å². The fourth-order valence-corrected chi connectivity index (χ4v) is 5.68. The number of halogens is 1. The Hall–Kier alpha value is -2.30. The highest BCUT2D eigenvalue weighted by Gasteiger charge is 2.35. The Kier molecular flexibility index (Phi) is 6.68. The van der Waals surface area contributed by atoms with E-state index in [1.54, 1.807) is 27.9 Å². The highest BCUT2D eigenvalue weighted by atomic mass is 32.2. The normalized spacial score (nSPS) is 19.0. The molecule has 0 atom stereocenters. The lowest BCUT2D eigenvalue weighted by Crippen LogP contribution is -2.54. The maximum Gasteiger partial charge on any atom is 0.282 e. The van der Waals surface area contributed by atoms with E-state index in [9.17, 15) is 12.8 Å². The van der Waals surface area contributed by atoms with Gasteiger partial charge in [0.1, 0.15) is 11.6 Å². The van der Waals surface area contributed by atoms with Gasteiger partial charge in [-0.05, 0) is 37.1 Å². The highest BCUT2D eigenvalue weighted by molar-refractivity contribution is 7.86. The molecular formula is C21H28FN5O3S. The number of aromatic nitrogens is 2. The molecule has 1 aromatic carbocycles. The number of hydrogen-bond acceptors (Lipinski definition) is 6. The van der Waals surface area contributed by atoms with E-state index in [2.05, 4.69) is 9.97 Å². The average Bonchev–Trinajstić information content (AvgIpc) is 2.81. The highest BCUT2D eigenvalue weighted by Crippen LogP contribution is 2.26. The van der Waals surface area contributed by atoms with Gasteiger partial charge in [-0.3, -0.25) is 0 Å². The summed E-state index contributed by atoms with van der Waals surface area (Å²) in [5.41, 5.74) is 0. The number of piperazine rings is 1. The van der Waals surface area contributed by atoms with Crippen molar-refractivity contribution in [1.82, 2.24) is 18.6 Å². The first-order valence-electron chi connectivity index (χ1n) is 10.7. The predicted molar refractivity (Wildman–Crippen MR) is 116 cm³/mol. The molecule has 1 aliphatic carbocycles. The minimum atomic E-state index is -3.48. The summed E-state index contributed by atoms with van der Waals surface area (Å²) in [6, 6.07) is 7.43. The summed E-state index contributed by atoms with van der Waals surface area (Å²) >= 11 is 0. The van der Waals surface area contributed by atoms with Crippen molar-refractivity contribution >= 4 is 16.2 Å². The second kappa shape index (κ2) is 9.46. The van der Waals surface area contributed by atoms with Crippen LogP contribution in [0.3, 0.4) is 0 Å². The Morgan fingerprint density at radius 3 is 2.39 bits per heavy atom. The Labute approximate surface area is 182 Å². The summed E-state index contributed by atoms with van der Waals surface area (Å²) < 4.78 is 48.0. The van der Waals surface area contributed by atoms with Crippen LogP contribution in [0.15, 0.2) is 36.5 Å². The van der Waals surface area contributed by atoms with Crippen LogP contribution in [0.1, 0.15) is 32.1 Å². The van der Waals surface area contributed by atoms with Crippen LogP contribution in [0.25, 0.3) is 0 Å². The van der Waals surface area contributed by atoms with Crippen molar-refractivity contribution in [3.8, 4) is 11.6 Å². The molecule has 31 heavy (non-hydrogen) atoms. The molecule has 1 saturated heterocycles. The molecule has 8 nitrogen and oxygen atoms in total. The molecule has 2 heterocycles. The van der Waals surface area contributed by atoms with Crippen molar-refractivity contribution < 1.29 is 17.5 Å². The van der Waals surface area contributed by atoms with Gasteiger partial charge in [0.05, 0.1) is 0 Å². The number of benzene rings is 1. The number of hydrogen-bond donors (Lipinski definition) is 0. The quantitative estimate of drug-likeness (QED) is 0.675. The third-order valence-corrected chi connectivity index (χ3v) is 8.00. The van der Waals surface area contributed by atoms with Crippen LogP contribution < -0.4 is 9.64 Å². The van der Waals surface area contributed by atoms with Gasteiger partial charge in [-0.1, -0.05) is 19.3 Å². The van der Waals surface area contributed by atoms with Gasteiger partial charge in [-0.2, -0.15) is 22.0 Å². The molecular weight excluding hydrogens is 421 g/mol. The number of ether oxygens (including phenoxy) is 1. The second-order valence-corrected chi connectivity index (χ2v) is 9.94. The van der Waals surface area contributed by atoms with Gasteiger partial charge < -0.3 is 9.64 Å². The van der Waals surface area contributed by atoms with Crippen LogP contribution in [-0.4, -0.2) is 66.3 Å². The Balaban J connectivity index is 1.37. The van der Waals surface area contributed by atoms with Gasteiger partial charge in [0.25, 0.3) is 10.2 Å². The van der Waals surface area contributed by atoms with Crippen LogP contribution in [0, 0.1) is 5.82 Å². The first-order chi connectivity index (χ1) is 14.9. The molecule has 2 aromatic rings. The molecule has 1 saturated carbocycles. The molecule has 0 unspecified atom stereocenters. The zero-order valence-electron chi connectivity index (χ0n) is 17.7. The van der Waals surface area contributed by atoms with Crippen LogP contribution >= 0.6 is 0 Å². The summed E-state index contributed by atoms with van der Waals surface area (Å²) in [6.07, 6.45) is 6.83. The predicted octanol–water partition coefficient (Wildman–Crippen LogP) is 3.04. The van der Waals surface area contributed by atoms with Gasteiger partial charge in [0.2, 0.25) is 11.8 Å². The van der Waals surface area contributed by atoms with Crippen molar-refractivity contribution in [2.75, 3.05) is 38.1 Å². The van der Waals surface area contributed by atoms with Crippen LogP contribution in [-0.2, 0) is 10.2 Å². The Morgan fingerprint density at radius 1 is 1.03 bits per heavy atom. The van der Waals surface area contributed by atoms with Gasteiger partial charge in [0, 0.05) is 51.5 Å². The Morgan fingerprint density at radius 2 is 1.71 bits per heavy atom. The van der Waals surface area contributed by atoms with Gasteiger partial charge in [-0.15, -0.1) is 0 Å². The summed E-state index contributed by atoms with van der Waals surface area (Å²) in [7, 11) is -1.77. The molecule has 0 amide bonds. The average molecular weight is 450 g/mol. The number of anilines is 1. The lowest BCUT2D eigenvalue weighted by Gasteiger charge is -2.38. The van der Waals surface area contributed by atoms with Gasteiger partial charge >= 0.3 is 0 Å². The zero-order chi connectivity index (χ0) is 21.8. The molecule has 2 aliphatic rings. The summed E-state index contributed by atoms with van der Waals surface area (Å²) in [4.78, 5) is 10.7. The van der Waals surface area contributed by atoms with E-state index in [1.165, 1.54) is 30.7 Å². The SMILES string of the molecule is CN(C1CCCCC1)S(=O)(=O)N1CCN(c2nccc(Oc3ccc(F)cc3)n2)CC1. The smallest absolute Gasteiger partial charge is 0.282 e. The maximum absolute atomic E-state index is 13.1. The third kappa shape index (κ3) is 5.13. The lowest BCUT2D eigenvalue weighted by atomic mass is 9.96. The van der Waals surface area contributed by atoms with Crippen molar-refractivity contribution in [3.63, 3.8) is 0 Å². The fraction of sp³-hybridized carbons (Fsp3) is 0.524. The Bertz CT molecular complexity index is 975. The van der Waals surface area contributed by atoms with Crippen LogP contribution in [0.2, 0.25) is 0 Å².